The van der Waals surface area contributed by atoms with E-state index in [-0.39, 0.29) is 22.3 Å². The van der Waals surface area contributed by atoms with Gasteiger partial charge in [-0.1, -0.05) is 22.0 Å². The first-order valence-electron chi connectivity index (χ1n) is 5.96. The average molecular weight is 345 g/mol. The highest BCUT2D eigenvalue weighted by molar-refractivity contribution is 9.10. The molecule has 0 bridgehead atoms. The average Bonchev–Trinajstić information content (AvgIpc) is 2.31. The first-order chi connectivity index (χ1) is 9.38. The van der Waals surface area contributed by atoms with Crippen LogP contribution in [0.2, 0.25) is 0 Å². The molecule has 0 saturated heterocycles. The van der Waals surface area contributed by atoms with Crippen LogP contribution in [0.3, 0.4) is 0 Å². The first kappa shape index (κ1) is 15.1. The minimum absolute atomic E-state index is 0.0155. The summed E-state index contributed by atoms with van der Waals surface area (Å²) in [5.41, 5.74) is 0.888. The number of aliphatic hydroxyl groups excluding tert-OH is 1. The molecular formula is C15H12BrF3O. The van der Waals surface area contributed by atoms with Crippen molar-refractivity contribution in [3.05, 3.63) is 68.9 Å². The summed E-state index contributed by atoms with van der Waals surface area (Å²) < 4.78 is 40.7. The molecule has 2 rings (SSSR count). The molecule has 2 aromatic carbocycles. The van der Waals surface area contributed by atoms with Gasteiger partial charge < -0.3 is 5.11 Å². The second-order valence-electron chi connectivity index (χ2n) is 4.57. The maximum absolute atomic E-state index is 13.7. The van der Waals surface area contributed by atoms with Gasteiger partial charge in [-0.05, 0) is 42.3 Å². The Labute approximate surface area is 123 Å². The zero-order valence-corrected chi connectivity index (χ0v) is 12.2. The molecule has 2 aromatic rings. The number of benzene rings is 2. The van der Waals surface area contributed by atoms with Crippen LogP contribution in [0.1, 0.15) is 22.8 Å². The lowest BCUT2D eigenvalue weighted by atomic mass is 9.97. The molecule has 0 amide bonds. The number of halogens is 4. The van der Waals surface area contributed by atoms with Crippen molar-refractivity contribution in [1.29, 1.82) is 0 Å². The van der Waals surface area contributed by atoms with Crippen LogP contribution in [0.4, 0.5) is 13.2 Å². The van der Waals surface area contributed by atoms with Crippen molar-refractivity contribution >= 4 is 15.9 Å². The second kappa shape index (κ2) is 5.97. The van der Waals surface area contributed by atoms with Gasteiger partial charge >= 0.3 is 0 Å². The molecule has 106 valence electrons. The molecule has 0 radical (unpaired) electrons. The van der Waals surface area contributed by atoms with Crippen LogP contribution in [-0.2, 0) is 6.42 Å². The minimum Gasteiger partial charge on any atom is -0.388 e. The number of hydrogen-bond donors (Lipinski definition) is 1. The fourth-order valence-electron chi connectivity index (χ4n) is 2.07. The predicted molar refractivity (Wildman–Crippen MR) is 73.9 cm³/mol. The van der Waals surface area contributed by atoms with Gasteiger partial charge in [-0.2, -0.15) is 0 Å². The summed E-state index contributed by atoms with van der Waals surface area (Å²) in [6, 6.07) is 6.26. The minimum atomic E-state index is -1.33. The fourth-order valence-corrected chi connectivity index (χ4v) is 2.47. The van der Waals surface area contributed by atoms with E-state index in [0.717, 1.165) is 12.1 Å². The molecule has 1 unspecified atom stereocenters. The highest BCUT2D eigenvalue weighted by Crippen LogP contribution is 2.28. The molecule has 1 N–H and O–H groups in total. The zero-order chi connectivity index (χ0) is 14.9. The monoisotopic (exact) mass is 344 g/mol. The summed E-state index contributed by atoms with van der Waals surface area (Å²) in [5.74, 6) is -2.02. The number of aryl methyl sites for hydroxylation is 1. The van der Waals surface area contributed by atoms with Crippen LogP contribution in [-0.4, -0.2) is 5.11 Å². The van der Waals surface area contributed by atoms with Crippen molar-refractivity contribution in [3.8, 4) is 0 Å². The summed E-state index contributed by atoms with van der Waals surface area (Å²) in [4.78, 5) is 0. The van der Waals surface area contributed by atoms with E-state index in [4.69, 9.17) is 0 Å². The smallest absolute Gasteiger partial charge is 0.133 e. The van der Waals surface area contributed by atoms with E-state index in [2.05, 4.69) is 15.9 Å². The maximum Gasteiger partial charge on any atom is 0.133 e. The van der Waals surface area contributed by atoms with E-state index in [1.54, 1.807) is 6.92 Å². The van der Waals surface area contributed by atoms with Crippen molar-refractivity contribution in [3.63, 3.8) is 0 Å². The van der Waals surface area contributed by atoms with E-state index in [1.165, 1.54) is 18.2 Å². The lowest BCUT2D eigenvalue weighted by Crippen LogP contribution is -2.08. The number of hydrogen-bond acceptors (Lipinski definition) is 1. The summed E-state index contributed by atoms with van der Waals surface area (Å²) in [6.07, 6.45) is -1.31. The predicted octanol–water partition coefficient (Wildman–Crippen LogP) is 4.45. The number of aliphatic hydroxyl groups is 1. The molecule has 0 aliphatic heterocycles. The van der Waals surface area contributed by atoms with Crippen LogP contribution in [0.15, 0.2) is 34.8 Å². The van der Waals surface area contributed by atoms with Crippen LogP contribution < -0.4 is 0 Å². The lowest BCUT2D eigenvalue weighted by Gasteiger charge is -2.15. The molecule has 5 heteroatoms. The Kier molecular flexibility index (Phi) is 4.50. The third-order valence-electron chi connectivity index (χ3n) is 3.09. The topological polar surface area (TPSA) is 20.2 Å². The molecule has 20 heavy (non-hydrogen) atoms. The van der Waals surface area contributed by atoms with Gasteiger partial charge in [-0.25, -0.2) is 13.2 Å². The number of rotatable bonds is 3. The summed E-state index contributed by atoms with van der Waals surface area (Å²) in [5, 5.41) is 10.0. The second-order valence-corrected chi connectivity index (χ2v) is 5.49. The zero-order valence-electron chi connectivity index (χ0n) is 10.6. The van der Waals surface area contributed by atoms with Crippen LogP contribution in [0.25, 0.3) is 0 Å². The van der Waals surface area contributed by atoms with Gasteiger partial charge in [0.05, 0.1) is 11.7 Å². The molecule has 0 saturated carbocycles. The van der Waals surface area contributed by atoms with Crippen molar-refractivity contribution in [2.24, 2.45) is 0 Å². The molecule has 0 aliphatic carbocycles. The molecule has 0 aliphatic rings. The third-order valence-corrected chi connectivity index (χ3v) is 3.55. The van der Waals surface area contributed by atoms with Gasteiger partial charge in [-0.15, -0.1) is 0 Å². The Balaban J connectivity index is 2.31. The Morgan fingerprint density at radius 2 is 1.70 bits per heavy atom. The van der Waals surface area contributed by atoms with Gasteiger partial charge in [-0.3, -0.25) is 0 Å². The van der Waals surface area contributed by atoms with Gasteiger partial charge in [0.25, 0.3) is 0 Å². The molecule has 1 nitrogen and oxygen atoms in total. The highest BCUT2D eigenvalue weighted by Gasteiger charge is 2.20. The van der Waals surface area contributed by atoms with Crippen molar-refractivity contribution in [2.45, 2.75) is 19.4 Å². The fraction of sp³-hybridized carbons (Fsp3) is 0.200. The van der Waals surface area contributed by atoms with Gasteiger partial charge in [0.2, 0.25) is 0 Å². The largest absolute Gasteiger partial charge is 0.388 e. The molecular weight excluding hydrogens is 333 g/mol. The molecule has 0 spiro atoms. The SMILES string of the molecule is Cc1cc(F)ccc1CC(O)c1c(F)cc(Br)cc1F. The standard InChI is InChI=1S/C15H12BrF3O/c1-8-4-11(17)3-2-9(8)5-14(20)15-12(18)6-10(16)7-13(15)19/h2-4,6-7,14,20H,5H2,1H3. The quantitative estimate of drug-likeness (QED) is 0.871. The van der Waals surface area contributed by atoms with E-state index >= 15 is 0 Å². The Hall–Kier alpha value is -1.33. The molecule has 0 heterocycles. The van der Waals surface area contributed by atoms with Gasteiger partial charge in [0, 0.05) is 10.9 Å². The van der Waals surface area contributed by atoms with Crippen molar-refractivity contribution in [1.82, 2.24) is 0 Å². The molecule has 0 aromatic heterocycles. The van der Waals surface area contributed by atoms with E-state index in [9.17, 15) is 18.3 Å². The van der Waals surface area contributed by atoms with Crippen LogP contribution >= 0.6 is 15.9 Å². The Bertz CT molecular complexity index is 620. The van der Waals surface area contributed by atoms with E-state index in [1.807, 2.05) is 0 Å². The maximum atomic E-state index is 13.7. The van der Waals surface area contributed by atoms with Gasteiger partial charge in [0.1, 0.15) is 17.5 Å². The Morgan fingerprint density at radius 3 is 2.25 bits per heavy atom. The Morgan fingerprint density at radius 1 is 1.10 bits per heavy atom. The van der Waals surface area contributed by atoms with Crippen LogP contribution in [0.5, 0.6) is 0 Å². The summed E-state index contributed by atoms with van der Waals surface area (Å²) in [6.45, 7) is 1.68. The van der Waals surface area contributed by atoms with E-state index < -0.39 is 17.7 Å². The normalized spacial score (nSPS) is 12.5. The molecule has 1 atom stereocenters. The van der Waals surface area contributed by atoms with E-state index in [0.29, 0.717) is 11.1 Å². The first-order valence-corrected chi connectivity index (χ1v) is 6.75. The van der Waals surface area contributed by atoms with Crippen molar-refractivity contribution in [2.75, 3.05) is 0 Å². The summed E-state index contributed by atoms with van der Waals surface area (Å²) in [7, 11) is 0. The van der Waals surface area contributed by atoms with Gasteiger partial charge in [0.15, 0.2) is 0 Å². The highest BCUT2D eigenvalue weighted by atomic mass is 79.9. The van der Waals surface area contributed by atoms with Crippen molar-refractivity contribution < 1.29 is 18.3 Å². The molecule has 0 fully saturated rings. The lowest BCUT2D eigenvalue weighted by molar-refractivity contribution is 0.168. The van der Waals surface area contributed by atoms with Crippen LogP contribution in [0, 0.1) is 24.4 Å². The summed E-state index contributed by atoms with van der Waals surface area (Å²) >= 11 is 2.98. The third kappa shape index (κ3) is 3.22.